The van der Waals surface area contributed by atoms with Crippen molar-refractivity contribution in [3.8, 4) is 11.8 Å². The minimum atomic E-state index is -0.0218. The summed E-state index contributed by atoms with van der Waals surface area (Å²) in [5, 5.41) is 0. The molecule has 0 amide bonds. The fourth-order valence-corrected chi connectivity index (χ4v) is 2.35. The van der Waals surface area contributed by atoms with Gasteiger partial charge in [0, 0.05) is 12.4 Å². The maximum Gasteiger partial charge on any atom is 0.232 e. The van der Waals surface area contributed by atoms with Crippen molar-refractivity contribution < 1.29 is 9.47 Å². The molecular formula is C21H32N4O2. The Balaban J connectivity index is 1.87. The molecule has 2 aromatic heterocycles. The Morgan fingerprint density at radius 2 is 1.56 bits per heavy atom. The van der Waals surface area contributed by atoms with E-state index >= 15 is 0 Å². The van der Waals surface area contributed by atoms with Crippen molar-refractivity contribution in [1.82, 2.24) is 19.9 Å². The van der Waals surface area contributed by atoms with Crippen LogP contribution >= 0.6 is 0 Å². The van der Waals surface area contributed by atoms with Gasteiger partial charge in [-0.25, -0.2) is 9.97 Å². The fourth-order valence-electron chi connectivity index (χ4n) is 2.35. The molecule has 0 radical (unpaired) electrons. The summed E-state index contributed by atoms with van der Waals surface area (Å²) in [7, 11) is 0. The quantitative estimate of drug-likeness (QED) is 0.613. The molecule has 0 saturated carbocycles. The topological polar surface area (TPSA) is 70.0 Å². The Bertz CT molecular complexity index is 717. The number of ether oxygens (including phenoxy) is 2. The maximum absolute atomic E-state index is 5.90. The van der Waals surface area contributed by atoms with Gasteiger partial charge in [-0.1, -0.05) is 41.5 Å². The van der Waals surface area contributed by atoms with E-state index in [4.69, 9.17) is 9.47 Å². The van der Waals surface area contributed by atoms with Crippen LogP contribution in [0.2, 0.25) is 0 Å². The maximum atomic E-state index is 5.90. The highest BCUT2D eigenvalue weighted by Gasteiger charge is 2.20. The van der Waals surface area contributed by atoms with Gasteiger partial charge in [0.05, 0.1) is 37.0 Å². The van der Waals surface area contributed by atoms with E-state index in [9.17, 15) is 0 Å². The van der Waals surface area contributed by atoms with Gasteiger partial charge in [-0.05, 0) is 30.1 Å². The molecule has 0 aliphatic heterocycles. The first-order valence-corrected chi connectivity index (χ1v) is 9.63. The lowest BCUT2D eigenvalue weighted by atomic mass is 9.88. The molecule has 0 saturated heterocycles. The lowest BCUT2D eigenvalue weighted by Crippen LogP contribution is -2.23. The molecule has 0 aliphatic carbocycles. The average molecular weight is 373 g/mol. The highest BCUT2D eigenvalue weighted by atomic mass is 16.5. The van der Waals surface area contributed by atoms with Gasteiger partial charge in [0.2, 0.25) is 11.8 Å². The lowest BCUT2D eigenvalue weighted by molar-refractivity contribution is 0.163. The Morgan fingerprint density at radius 1 is 0.889 bits per heavy atom. The summed E-state index contributed by atoms with van der Waals surface area (Å²) in [5.74, 6) is 1.97. The smallest absolute Gasteiger partial charge is 0.232 e. The van der Waals surface area contributed by atoms with Crippen LogP contribution in [0.5, 0.6) is 11.8 Å². The molecule has 2 aromatic rings. The number of hydrogen-bond donors (Lipinski definition) is 0. The molecule has 0 N–H and O–H groups in total. The molecule has 148 valence electrons. The van der Waals surface area contributed by atoms with E-state index in [1.807, 2.05) is 0 Å². The molecule has 2 heterocycles. The number of aryl methyl sites for hydroxylation is 1. The molecule has 0 aromatic carbocycles. The fraction of sp³-hybridized carbons (Fsp3) is 0.619. The first-order chi connectivity index (χ1) is 12.7. The Morgan fingerprint density at radius 3 is 2.22 bits per heavy atom. The minimum absolute atomic E-state index is 0.0218. The summed E-state index contributed by atoms with van der Waals surface area (Å²) < 4.78 is 11.6. The van der Waals surface area contributed by atoms with E-state index in [-0.39, 0.29) is 5.41 Å². The Kier molecular flexibility index (Phi) is 7.51. The Hall–Kier alpha value is -2.24. The van der Waals surface area contributed by atoms with Gasteiger partial charge in [0.1, 0.15) is 0 Å². The van der Waals surface area contributed by atoms with E-state index in [0.29, 0.717) is 36.8 Å². The predicted molar refractivity (Wildman–Crippen MR) is 106 cm³/mol. The second-order valence-electron chi connectivity index (χ2n) is 8.44. The second kappa shape index (κ2) is 9.62. The molecule has 6 nitrogen and oxygen atoms in total. The largest absolute Gasteiger partial charge is 0.476 e. The summed E-state index contributed by atoms with van der Waals surface area (Å²) in [5.41, 5.74) is 1.86. The zero-order valence-corrected chi connectivity index (χ0v) is 17.4. The van der Waals surface area contributed by atoms with E-state index in [2.05, 4.69) is 61.5 Å². The predicted octanol–water partition coefficient (Wildman–Crippen LogP) is 4.46. The highest BCUT2D eigenvalue weighted by molar-refractivity contribution is 5.11. The molecule has 0 spiro atoms. The van der Waals surface area contributed by atoms with Gasteiger partial charge < -0.3 is 9.47 Å². The van der Waals surface area contributed by atoms with Crippen LogP contribution in [-0.4, -0.2) is 33.1 Å². The molecular weight excluding hydrogens is 340 g/mol. The van der Waals surface area contributed by atoms with Crippen molar-refractivity contribution in [2.45, 2.75) is 60.3 Å². The van der Waals surface area contributed by atoms with E-state index in [1.54, 1.807) is 24.8 Å². The van der Waals surface area contributed by atoms with Crippen LogP contribution < -0.4 is 9.47 Å². The first-order valence-electron chi connectivity index (χ1n) is 9.63. The summed E-state index contributed by atoms with van der Waals surface area (Å²) >= 11 is 0. The molecule has 0 atom stereocenters. The SMILES string of the molecule is CC(C)COc1cncc(CCC(C)(C)COc2cncc(C(C)C)n2)n1. The van der Waals surface area contributed by atoms with Crippen molar-refractivity contribution in [3.63, 3.8) is 0 Å². The zero-order chi connectivity index (χ0) is 19.9. The third-order valence-electron chi connectivity index (χ3n) is 4.12. The molecule has 0 bridgehead atoms. The van der Waals surface area contributed by atoms with Gasteiger partial charge in [-0.15, -0.1) is 0 Å². The molecule has 2 rings (SSSR count). The molecule has 6 heteroatoms. The van der Waals surface area contributed by atoms with Gasteiger partial charge in [-0.3, -0.25) is 9.97 Å². The van der Waals surface area contributed by atoms with Crippen molar-refractivity contribution in [2.24, 2.45) is 11.3 Å². The van der Waals surface area contributed by atoms with Crippen LogP contribution in [0.15, 0.2) is 24.8 Å². The van der Waals surface area contributed by atoms with Crippen LogP contribution in [0, 0.1) is 11.3 Å². The van der Waals surface area contributed by atoms with Crippen LogP contribution in [-0.2, 0) is 6.42 Å². The number of nitrogens with zero attached hydrogens (tertiary/aromatic N) is 4. The van der Waals surface area contributed by atoms with Gasteiger partial charge in [0.25, 0.3) is 0 Å². The van der Waals surface area contributed by atoms with E-state index in [0.717, 1.165) is 24.2 Å². The monoisotopic (exact) mass is 372 g/mol. The van der Waals surface area contributed by atoms with E-state index < -0.39 is 0 Å². The number of rotatable bonds is 10. The van der Waals surface area contributed by atoms with Gasteiger partial charge in [-0.2, -0.15) is 0 Å². The van der Waals surface area contributed by atoms with Gasteiger partial charge >= 0.3 is 0 Å². The molecule has 0 aliphatic rings. The lowest BCUT2D eigenvalue weighted by Gasteiger charge is -2.24. The second-order valence-corrected chi connectivity index (χ2v) is 8.44. The van der Waals surface area contributed by atoms with E-state index in [1.165, 1.54) is 0 Å². The Labute approximate surface area is 162 Å². The number of hydrogen-bond acceptors (Lipinski definition) is 6. The minimum Gasteiger partial charge on any atom is -0.476 e. The van der Waals surface area contributed by atoms with Crippen molar-refractivity contribution in [3.05, 3.63) is 36.2 Å². The van der Waals surface area contributed by atoms with Crippen LogP contribution in [0.1, 0.15) is 65.3 Å². The summed E-state index contributed by atoms with van der Waals surface area (Å²) in [6, 6.07) is 0. The summed E-state index contributed by atoms with van der Waals surface area (Å²) in [6.45, 7) is 14.0. The molecule has 27 heavy (non-hydrogen) atoms. The van der Waals surface area contributed by atoms with Crippen molar-refractivity contribution >= 4 is 0 Å². The zero-order valence-electron chi connectivity index (χ0n) is 17.4. The first kappa shape index (κ1) is 21.1. The molecule has 0 fully saturated rings. The molecule has 0 unspecified atom stereocenters. The third kappa shape index (κ3) is 7.49. The van der Waals surface area contributed by atoms with Crippen molar-refractivity contribution in [1.29, 1.82) is 0 Å². The highest BCUT2D eigenvalue weighted by Crippen LogP contribution is 2.24. The van der Waals surface area contributed by atoms with Crippen LogP contribution in [0.25, 0.3) is 0 Å². The normalized spacial score (nSPS) is 11.9. The van der Waals surface area contributed by atoms with Gasteiger partial charge in [0.15, 0.2) is 0 Å². The number of aromatic nitrogens is 4. The van der Waals surface area contributed by atoms with Crippen LogP contribution in [0.4, 0.5) is 0 Å². The standard InChI is InChI=1S/C21H32N4O2/c1-15(2)13-26-19-11-22-9-17(24-19)7-8-21(5,6)14-27-20-12-23-10-18(25-20)16(3)4/h9-12,15-16H,7-8,13-14H2,1-6H3. The van der Waals surface area contributed by atoms with Crippen LogP contribution in [0.3, 0.4) is 0 Å². The van der Waals surface area contributed by atoms with Crippen molar-refractivity contribution in [2.75, 3.05) is 13.2 Å². The average Bonchev–Trinajstić information content (AvgIpc) is 2.64. The third-order valence-corrected chi connectivity index (χ3v) is 4.12. The summed E-state index contributed by atoms with van der Waals surface area (Å²) in [6.07, 6.45) is 8.67. The summed E-state index contributed by atoms with van der Waals surface area (Å²) in [4.78, 5) is 17.5.